The van der Waals surface area contributed by atoms with Crippen molar-refractivity contribution in [2.45, 2.75) is 50.7 Å². The van der Waals surface area contributed by atoms with Crippen molar-refractivity contribution in [2.75, 3.05) is 10.8 Å². The maximum atomic E-state index is 14.5. The minimum absolute atomic E-state index is 0.0304. The van der Waals surface area contributed by atoms with E-state index in [0.29, 0.717) is 0 Å². The first-order chi connectivity index (χ1) is 21.5. The number of amides is 2. The molecule has 1 N–H and O–H groups in total. The SMILES string of the molecule is Cc1ccccc1CN(C(=O)CN(c1cccc([N+](=O)[O-])c1)S(=O)(=O)c1ccccc1)C(Cc1ccccc1)C(=O)NC(C)C. The van der Waals surface area contributed by atoms with Crippen molar-refractivity contribution in [3.05, 3.63) is 136 Å². The largest absolute Gasteiger partial charge is 0.352 e. The molecule has 45 heavy (non-hydrogen) atoms. The van der Waals surface area contributed by atoms with Crippen molar-refractivity contribution in [3.8, 4) is 0 Å². The summed E-state index contributed by atoms with van der Waals surface area (Å²) >= 11 is 0. The maximum Gasteiger partial charge on any atom is 0.271 e. The number of carbonyl (C=O) groups is 2. The number of nitrogens with one attached hydrogen (secondary N) is 1. The number of benzene rings is 4. The Labute approximate surface area is 263 Å². The second-order valence-electron chi connectivity index (χ2n) is 10.9. The van der Waals surface area contributed by atoms with Gasteiger partial charge in [-0.25, -0.2) is 8.42 Å². The molecule has 0 aliphatic carbocycles. The van der Waals surface area contributed by atoms with E-state index >= 15 is 0 Å². The fourth-order valence-electron chi connectivity index (χ4n) is 4.92. The highest BCUT2D eigenvalue weighted by Crippen LogP contribution is 2.28. The summed E-state index contributed by atoms with van der Waals surface area (Å²) < 4.78 is 28.9. The zero-order chi connectivity index (χ0) is 32.6. The van der Waals surface area contributed by atoms with E-state index in [-0.39, 0.29) is 41.2 Å². The molecule has 10 nitrogen and oxygen atoms in total. The van der Waals surface area contributed by atoms with Crippen LogP contribution in [0.1, 0.15) is 30.5 Å². The van der Waals surface area contributed by atoms with Gasteiger partial charge in [-0.05, 0) is 55.7 Å². The van der Waals surface area contributed by atoms with Crippen LogP contribution in [0.3, 0.4) is 0 Å². The minimum atomic E-state index is -4.37. The van der Waals surface area contributed by atoms with Gasteiger partial charge >= 0.3 is 0 Å². The van der Waals surface area contributed by atoms with Crippen LogP contribution in [0.4, 0.5) is 11.4 Å². The van der Waals surface area contributed by atoms with E-state index in [0.717, 1.165) is 27.1 Å². The van der Waals surface area contributed by atoms with E-state index < -0.39 is 33.4 Å². The zero-order valence-electron chi connectivity index (χ0n) is 25.4. The first-order valence-corrected chi connectivity index (χ1v) is 15.9. The van der Waals surface area contributed by atoms with Gasteiger partial charge in [0.25, 0.3) is 15.7 Å². The van der Waals surface area contributed by atoms with Gasteiger partial charge in [-0.15, -0.1) is 0 Å². The van der Waals surface area contributed by atoms with Gasteiger partial charge in [0.1, 0.15) is 12.6 Å². The predicted octanol–water partition coefficient (Wildman–Crippen LogP) is 5.26. The van der Waals surface area contributed by atoms with Crippen molar-refractivity contribution >= 4 is 33.2 Å². The van der Waals surface area contributed by atoms with Crippen LogP contribution in [0.15, 0.2) is 114 Å². The van der Waals surface area contributed by atoms with E-state index in [1.54, 1.807) is 18.2 Å². The summed E-state index contributed by atoms with van der Waals surface area (Å²) in [6, 6.07) is 28.2. The fourth-order valence-corrected chi connectivity index (χ4v) is 6.34. The minimum Gasteiger partial charge on any atom is -0.352 e. The van der Waals surface area contributed by atoms with Crippen LogP contribution in [0, 0.1) is 17.0 Å². The summed E-state index contributed by atoms with van der Waals surface area (Å²) in [5.74, 6) is -1.03. The molecule has 4 aromatic rings. The summed E-state index contributed by atoms with van der Waals surface area (Å²) in [6.07, 6.45) is 0.180. The normalized spacial score (nSPS) is 11.9. The van der Waals surface area contributed by atoms with E-state index in [1.807, 2.05) is 75.4 Å². The molecule has 0 aromatic heterocycles. The Hall–Kier alpha value is -5.03. The van der Waals surface area contributed by atoms with Crippen LogP contribution in [0.5, 0.6) is 0 Å². The summed E-state index contributed by atoms with van der Waals surface area (Å²) in [6.45, 7) is 4.86. The van der Waals surface area contributed by atoms with Crippen molar-refractivity contribution in [1.29, 1.82) is 0 Å². The molecule has 2 amide bonds. The molecule has 0 aliphatic heterocycles. The average molecular weight is 629 g/mol. The first-order valence-electron chi connectivity index (χ1n) is 14.5. The molecule has 4 rings (SSSR count). The Morgan fingerprint density at radius 2 is 1.49 bits per heavy atom. The molecule has 0 bridgehead atoms. The second kappa shape index (κ2) is 14.6. The van der Waals surface area contributed by atoms with E-state index in [1.165, 1.54) is 35.2 Å². The molecule has 4 aromatic carbocycles. The molecule has 0 aliphatic rings. The molecule has 1 unspecified atom stereocenters. The summed E-state index contributed by atoms with van der Waals surface area (Å²) in [5.41, 5.74) is 2.11. The third-order valence-corrected chi connectivity index (χ3v) is 9.03. The number of carbonyl (C=O) groups excluding carboxylic acids is 2. The molecule has 1 atom stereocenters. The third kappa shape index (κ3) is 8.33. The maximum absolute atomic E-state index is 14.5. The fraction of sp³-hybridized carbons (Fsp3) is 0.235. The Balaban J connectivity index is 1.84. The van der Waals surface area contributed by atoms with Crippen LogP contribution in [-0.4, -0.2) is 48.7 Å². The van der Waals surface area contributed by atoms with Gasteiger partial charge in [0, 0.05) is 31.1 Å². The Morgan fingerprint density at radius 1 is 0.867 bits per heavy atom. The number of nitrogens with zero attached hydrogens (tertiary/aromatic N) is 3. The number of aryl methyl sites for hydroxylation is 1. The van der Waals surface area contributed by atoms with Gasteiger partial charge in [0.2, 0.25) is 11.8 Å². The Bertz CT molecular complexity index is 1750. The predicted molar refractivity (Wildman–Crippen MR) is 173 cm³/mol. The molecule has 0 heterocycles. The van der Waals surface area contributed by atoms with Crippen LogP contribution < -0.4 is 9.62 Å². The van der Waals surface area contributed by atoms with Crippen molar-refractivity contribution in [2.24, 2.45) is 0 Å². The standard InChI is InChI=1S/C34H36N4O6S/c1-25(2)35-34(40)32(21-27-14-6-4-7-15-27)36(23-28-16-11-10-13-26(28)3)33(39)24-37(29-17-12-18-30(22-29)38(41)42)45(43,44)31-19-8-5-9-20-31/h4-20,22,25,32H,21,23-24H2,1-3H3,(H,35,40). The number of rotatable bonds is 13. The monoisotopic (exact) mass is 628 g/mol. The van der Waals surface area contributed by atoms with Gasteiger partial charge in [-0.1, -0.05) is 78.9 Å². The lowest BCUT2D eigenvalue weighted by Crippen LogP contribution is -2.54. The molecular formula is C34H36N4O6S. The van der Waals surface area contributed by atoms with Crippen LogP contribution in [-0.2, 0) is 32.6 Å². The zero-order valence-corrected chi connectivity index (χ0v) is 26.2. The quantitative estimate of drug-likeness (QED) is 0.159. The highest BCUT2D eigenvalue weighted by Gasteiger charge is 2.35. The van der Waals surface area contributed by atoms with Gasteiger partial charge in [0.05, 0.1) is 15.5 Å². The lowest BCUT2D eigenvalue weighted by atomic mass is 10.0. The molecule has 0 fully saturated rings. The van der Waals surface area contributed by atoms with E-state index in [4.69, 9.17) is 0 Å². The topological polar surface area (TPSA) is 130 Å². The number of sulfonamides is 1. The molecule has 0 saturated carbocycles. The molecule has 0 radical (unpaired) electrons. The number of non-ortho nitro benzene ring substituents is 1. The third-order valence-electron chi connectivity index (χ3n) is 7.24. The van der Waals surface area contributed by atoms with E-state index in [9.17, 15) is 28.1 Å². The lowest BCUT2D eigenvalue weighted by Gasteiger charge is -2.34. The molecule has 11 heteroatoms. The highest BCUT2D eigenvalue weighted by atomic mass is 32.2. The van der Waals surface area contributed by atoms with Crippen molar-refractivity contribution < 1.29 is 22.9 Å². The average Bonchev–Trinajstić information content (AvgIpc) is 3.02. The van der Waals surface area contributed by atoms with Gasteiger partial charge < -0.3 is 10.2 Å². The van der Waals surface area contributed by atoms with Crippen LogP contribution in [0.25, 0.3) is 0 Å². The molecule has 0 saturated heterocycles. The molecule has 234 valence electrons. The van der Waals surface area contributed by atoms with Crippen molar-refractivity contribution in [3.63, 3.8) is 0 Å². The number of anilines is 1. The number of nitro groups is 1. The number of nitro benzene ring substituents is 1. The van der Waals surface area contributed by atoms with Gasteiger partial charge in [-0.3, -0.25) is 24.0 Å². The van der Waals surface area contributed by atoms with E-state index in [2.05, 4.69) is 5.32 Å². The first kappa shape index (κ1) is 32.9. The highest BCUT2D eigenvalue weighted by molar-refractivity contribution is 7.92. The summed E-state index contributed by atoms with van der Waals surface area (Å²) in [5, 5.41) is 14.5. The summed E-state index contributed by atoms with van der Waals surface area (Å²) in [4.78, 5) is 40.5. The lowest BCUT2D eigenvalue weighted by molar-refractivity contribution is -0.384. The van der Waals surface area contributed by atoms with Crippen LogP contribution in [0.2, 0.25) is 0 Å². The van der Waals surface area contributed by atoms with Crippen LogP contribution >= 0.6 is 0 Å². The van der Waals surface area contributed by atoms with Crippen molar-refractivity contribution in [1.82, 2.24) is 10.2 Å². The van der Waals surface area contributed by atoms with Gasteiger partial charge in [0.15, 0.2) is 0 Å². The van der Waals surface area contributed by atoms with Gasteiger partial charge in [-0.2, -0.15) is 0 Å². The Morgan fingerprint density at radius 3 is 2.11 bits per heavy atom. The Kier molecular flexibility index (Phi) is 10.7. The smallest absolute Gasteiger partial charge is 0.271 e. The number of hydrogen-bond acceptors (Lipinski definition) is 6. The second-order valence-corrected chi connectivity index (χ2v) is 12.8. The number of hydrogen-bond donors (Lipinski definition) is 1. The summed E-state index contributed by atoms with van der Waals surface area (Å²) in [7, 11) is -4.37. The molecular weight excluding hydrogens is 592 g/mol. The molecule has 0 spiro atoms.